The Morgan fingerprint density at radius 3 is 2.23 bits per heavy atom. The normalized spacial score (nSPS) is 14.3. The first kappa shape index (κ1) is 26.6. The maximum atomic E-state index is 13.0. The zero-order valence-electron chi connectivity index (χ0n) is 22.3. The van der Waals surface area contributed by atoms with Crippen LogP contribution in [-0.4, -0.2) is 38.8 Å². The molecule has 1 aliphatic heterocycles. The molecule has 9 heteroatoms. The van der Waals surface area contributed by atoms with Gasteiger partial charge < -0.3 is 14.2 Å². The van der Waals surface area contributed by atoms with Crippen molar-refractivity contribution in [2.75, 3.05) is 13.1 Å². The summed E-state index contributed by atoms with van der Waals surface area (Å²) in [6, 6.07) is 13.8. The summed E-state index contributed by atoms with van der Waals surface area (Å²) in [5, 5.41) is 1.08. The van der Waals surface area contributed by atoms with Crippen LogP contribution in [0.3, 0.4) is 0 Å². The van der Waals surface area contributed by atoms with Gasteiger partial charge in [0.1, 0.15) is 5.60 Å². The van der Waals surface area contributed by atoms with Crippen LogP contribution in [0.4, 0.5) is 18.0 Å². The highest BCUT2D eigenvalue weighted by molar-refractivity contribution is 5.87. The molecular formula is C30H30F3N3O3. The molecule has 2 aromatic heterocycles. The Hall–Kier alpha value is -4.01. The number of amides is 1. The van der Waals surface area contributed by atoms with Crippen molar-refractivity contribution < 1.29 is 22.7 Å². The van der Waals surface area contributed by atoms with Gasteiger partial charge in [-0.15, -0.1) is 0 Å². The van der Waals surface area contributed by atoms with E-state index in [0.717, 1.165) is 28.7 Å². The van der Waals surface area contributed by atoms with E-state index in [4.69, 9.17) is 4.74 Å². The molecule has 0 unspecified atom stereocenters. The molecule has 204 valence electrons. The Bertz CT molecular complexity index is 1610. The molecule has 0 N–H and O–H groups in total. The fourth-order valence-electron chi connectivity index (χ4n) is 5.14. The standard InChI is InChI=1S/C30H30F3N3O3/c1-29(2,3)39-28(38)35-14-12-24-23-10-9-22(18-26(23)34(4)25(24)13-15-35)36-16-11-20(17-27(36)37)19-5-7-21(8-6-19)30(31,32)33/h5-11,16-18H,12-15H2,1-4H3. The van der Waals surface area contributed by atoms with Crippen molar-refractivity contribution in [1.29, 1.82) is 0 Å². The molecule has 0 saturated heterocycles. The highest BCUT2D eigenvalue weighted by Gasteiger charge is 2.30. The predicted octanol–water partition coefficient (Wildman–Crippen LogP) is 6.35. The number of alkyl halides is 3. The second-order valence-electron chi connectivity index (χ2n) is 10.9. The van der Waals surface area contributed by atoms with E-state index in [9.17, 15) is 22.8 Å². The molecule has 0 radical (unpaired) electrons. The maximum absolute atomic E-state index is 13.0. The van der Waals surface area contributed by atoms with Gasteiger partial charge in [0.15, 0.2) is 0 Å². The first-order valence-electron chi connectivity index (χ1n) is 12.8. The molecule has 1 aliphatic rings. The molecule has 6 nitrogen and oxygen atoms in total. The van der Waals surface area contributed by atoms with E-state index < -0.39 is 17.3 Å². The largest absolute Gasteiger partial charge is 0.444 e. The Kier molecular flexibility index (Phi) is 6.56. The third-order valence-electron chi connectivity index (χ3n) is 7.07. The zero-order valence-corrected chi connectivity index (χ0v) is 22.3. The molecule has 4 aromatic rings. The Morgan fingerprint density at radius 1 is 0.897 bits per heavy atom. The minimum atomic E-state index is -4.41. The van der Waals surface area contributed by atoms with Crippen molar-refractivity contribution in [2.24, 2.45) is 7.05 Å². The summed E-state index contributed by atoms with van der Waals surface area (Å²) in [5.41, 5.74) is 3.54. The van der Waals surface area contributed by atoms with E-state index >= 15 is 0 Å². The number of pyridine rings is 1. The van der Waals surface area contributed by atoms with Crippen molar-refractivity contribution in [3.05, 3.63) is 88.0 Å². The number of rotatable bonds is 2. The number of nitrogens with zero attached hydrogens (tertiary/aromatic N) is 3. The Balaban J connectivity index is 1.41. The SMILES string of the molecule is Cn1c2c(c3ccc(-n4ccc(-c5ccc(C(F)(F)F)cc5)cc4=O)cc31)CCN(C(=O)OC(C)(C)C)CC2. The van der Waals surface area contributed by atoms with E-state index in [2.05, 4.69) is 4.57 Å². The second kappa shape index (κ2) is 9.63. The molecule has 0 aliphatic carbocycles. The van der Waals surface area contributed by atoms with Crippen molar-refractivity contribution in [3.63, 3.8) is 0 Å². The number of aryl methyl sites for hydroxylation is 1. The van der Waals surface area contributed by atoms with Crippen LogP contribution >= 0.6 is 0 Å². The van der Waals surface area contributed by atoms with Crippen molar-refractivity contribution in [2.45, 2.75) is 45.4 Å². The summed E-state index contributed by atoms with van der Waals surface area (Å²) in [6.07, 6.45) is -1.68. The van der Waals surface area contributed by atoms with Crippen molar-refractivity contribution in [3.8, 4) is 16.8 Å². The number of ether oxygens (including phenoxy) is 1. The smallest absolute Gasteiger partial charge is 0.416 e. The van der Waals surface area contributed by atoms with Gasteiger partial charge in [0.05, 0.1) is 16.8 Å². The molecule has 39 heavy (non-hydrogen) atoms. The number of carbonyl (C=O) groups excluding carboxylic acids is 1. The van der Waals surface area contributed by atoms with E-state index in [-0.39, 0.29) is 11.7 Å². The van der Waals surface area contributed by atoms with Gasteiger partial charge in [-0.05, 0) is 74.2 Å². The van der Waals surface area contributed by atoms with Gasteiger partial charge in [-0.1, -0.05) is 18.2 Å². The summed E-state index contributed by atoms with van der Waals surface area (Å²) in [6.45, 7) is 6.69. The number of benzene rings is 2. The monoisotopic (exact) mass is 537 g/mol. The fourth-order valence-corrected chi connectivity index (χ4v) is 5.14. The second-order valence-corrected chi connectivity index (χ2v) is 10.9. The van der Waals surface area contributed by atoms with Crippen LogP contribution in [0.15, 0.2) is 65.6 Å². The highest BCUT2D eigenvalue weighted by atomic mass is 19.4. The van der Waals surface area contributed by atoms with Crippen molar-refractivity contribution in [1.82, 2.24) is 14.0 Å². The average Bonchev–Trinajstić information content (AvgIpc) is 3.00. The van der Waals surface area contributed by atoms with E-state index in [1.165, 1.54) is 28.3 Å². The summed E-state index contributed by atoms with van der Waals surface area (Å²) in [4.78, 5) is 27.4. The van der Waals surface area contributed by atoms with Crippen LogP contribution in [0.1, 0.15) is 37.6 Å². The molecule has 0 bridgehead atoms. The predicted molar refractivity (Wildman–Crippen MR) is 144 cm³/mol. The minimum absolute atomic E-state index is 0.282. The molecule has 3 heterocycles. The first-order chi connectivity index (χ1) is 18.3. The van der Waals surface area contributed by atoms with Crippen LogP contribution in [-0.2, 0) is 30.8 Å². The number of hydrogen-bond acceptors (Lipinski definition) is 3. The van der Waals surface area contributed by atoms with Crippen LogP contribution < -0.4 is 5.56 Å². The number of fused-ring (bicyclic) bond motifs is 3. The lowest BCUT2D eigenvalue weighted by molar-refractivity contribution is -0.137. The average molecular weight is 538 g/mol. The molecule has 0 atom stereocenters. The van der Waals surface area contributed by atoms with Crippen LogP contribution in [0.5, 0.6) is 0 Å². The lowest BCUT2D eigenvalue weighted by Gasteiger charge is -2.26. The molecule has 1 amide bonds. The van der Waals surface area contributed by atoms with Gasteiger partial charge in [0.25, 0.3) is 5.56 Å². The number of carbonyl (C=O) groups is 1. The van der Waals surface area contributed by atoms with E-state index in [0.29, 0.717) is 42.7 Å². The fraction of sp³-hybridized carbons (Fsp3) is 0.333. The van der Waals surface area contributed by atoms with Gasteiger partial charge in [-0.2, -0.15) is 13.2 Å². The molecule has 0 saturated carbocycles. The lowest BCUT2D eigenvalue weighted by atomic mass is 10.0. The Labute approximate surface area is 224 Å². The molecule has 5 rings (SSSR count). The Morgan fingerprint density at radius 2 is 1.59 bits per heavy atom. The molecular weight excluding hydrogens is 507 g/mol. The molecule has 0 fully saturated rings. The number of halogens is 3. The number of aromatic nitrogens is 2. The quantitative estimate of drug-likeness (QED) is 0.299. The van der Waals surface area contributed by atoms with Crippen LogP contribution in [0, 0.1) is 0 Å². The van der Waals surface area contributed by atoms with Gasteiger partial charge in [-0.3, -0.25) is 9.36 Å². The number of hydrogen-bond donors (Lipinski definition) is 0. The van der Waals surface area contributed by atoms with Crippen molar-refractivity contribution >= 4 is 17.0 Å². The summed E-state index contributed by atoms with van der Waals surface area (Å²) < 4.78 is 47.9. The zero-order chi connectivity index (χ0) is 28.1. The molecule has 2 aromatic carbocycles. The topological polar surface area (TPSA) is 56.5 Å². The van der Waals surface area contributed by atoms with Gasteiger partial charge in [0.2, 0.25) is 0 Å². The maximum Gasteiger partial charge on any atom is 0.416 e. The van der Waals surface area contributed by atoms with Crippen LogP contribution in [0.25, 0.3) is 27.7 Å². The first-order valence-corrected chi connectivity index (χ1v) is 12.8. The van der Waals surface area contributed by atoms with Gasteiger partial charge in [0, 0.05) is 49.9 Å². The van der Waals surface area contributed by atoms with E-state index in [1.807, 2.05) is 46.0 Å². The third-order valence-corrected chi connectivity index (χ3v) is 7.07. The minimum Gasteiger partial charge on any atom is -0.444 e. The lowest BCUT2D eigenvalue weighted by Crippen LogP contribution is -2.38. The third kappa shape index (κ3) is 5.30. The molecule has 0 spiro atoms. The van der Waals surface area contributed by atoms with Crippen LogP contribution in [0.2, 0.25) is 0 Å². The van der Waals surface area contributed by atoms with E-state index in [1.54, 1.807) is 17.2 Å². The summed E-state index contributed by atoms with van der Waals surface area (Å²) in [5.74, 6) is 0. The summed E-state index contributed by atoms with van der Waals surface area (Å²) >= 11 is 0. The summed E-state index contributed by atoms with van der Waals surface area (Å²) in [7, 11) is 1.99. The van der Waals surface area contributed by atoms with Gasteiger partial charge >= 0.3 is 12.3 Å². The van der Waals surface area contributed by atoms with Gasteiger partial charge in [-0.25, -0.2) is 4.79 Å². The highest BCUT2D eigenvalue weighted by Crippen LogP contribution is 2.32.